The van der Waals surface area contributed by atoms with E-state index in [9.17, 15) is 4.79 Å². The zero-order chi connectivity index (χ0) is 10.4. The van der Waals surface area contributed by atoms with Crippen molar-refractivity contribution in [2.45, 2.75) is 0 Å². The van der Waals surface area contributed by atoms with Crippen LogP contribution in [0.5, 0.6) is 0 Å². The van der Waals surface area contributed by atoms with Gasteiger partial charge in [0.25, 0.3) is 0 Å². The van der Waals surface area contributed by atoms with Crippen molar-refractivity contribution in [2.75, 3.05) is 0 Å². The van der Waals surface area contributed by atoms with Gasteiger partial charge in [0.1, 0.15) is 5.58 Å². The molecule has 0 spiro atoms. The van der Waals surface area contributed by atoms with Crippen molar-refractivity contribution >= 4 is 40.0 Å². The third-order valence-electron chi connectivity index (χ3n) is 2.36. The van der Waals surface area contributed by atoms with Crippen molar-refractivity contribution < 1.29 is 9.21 Å². The lowest BCUT2D eigenvalue weighted by molar-refractivity contribution is 0.111. The van der Waals surface area contributed by atoms with Crippen LogP contribution in [-0.4, -0.2) is 11.3 Å². The standard InChI is InChI=1S/C11H6ClNO2/c12-6-1-2-8-9(3-6)15-10-4-7(5-14)13-11(8)10/h1-5,13H. The van der Waals surface area contributed by atoms with E-state index in [-0.39, 0.29) is 0 Å². The van der Waals surface area contributed by atoms with Gasteiger partial charge in [0.05, 0.1) is 11.2 Å². The molecule has 0 radical (unpaired) electrons. The lowest BCUT2D eigenvalue weighted by Gasteiger charge is -1.89. The van der Waals surface area contributed by atoms with Gasteiger partial charge in [-0.3, -0.25) is 4.79 Å². The number of hydrogen-bond donors (Lipinski definition) is 1. The molecule has 74 valence electrons. The molecule has 15 heavy (non-hydrogen) atoms. The number of H-pyrrole nitrogens is 1. The number of aromatic amines is 1. The zero-order valence-electron chi connectivity index (χ0n) is 7.58. The topological polar surface area (TPSA) is 46.0 Å². The minimum atomic E-state index is 0.514. The lowest BCUT2D eigenvalue weighted by atomic mass is 10.2. The molecule has 0 aliphatic heterocycles. The van der Waals surface area contributed by atoms with Crippen molar-refractivity contribution in [3.8, 4) is 0 Å². The second-order valence-electron chi connectivity index (χ2n) is 3.32. The zero-order valence-corrected chi connectivity index (χ0v) is 8.34. The number of nitrogens with one attached hydrogen (secondary N) is 1. The van der Waals surface area contributed by atoms with Crippen LogP contribution >= 0.6 is 11.6 Å². The quantitative estimate of drug-likeness (QED) is 0.638. The monoisotopic (exact) mass is 219 g/mol. The highest BCUT2D eigenvalue weighted by Crippen LogP contribution is 2.30. The van der Waals surface area contributed by atoms with Crippen LogP contribution in [0.15, 0.2) is 28.7 Å². The molecule has 0 fully saturated rings. The number of aromatic nitrogens is 1. The molecule has 3 aromatic rings. The van der Waals surface area contributed by atoms with E-state index in [0.717, 1.165) is 22.8 Å². The van der Waals surface area contributed by atoms with E-state index in [0.29, 0.717) is 16.3 Å². The highest BCUT2D eigenvalue weighted by Gasteiger charge is 2.10. The Bertz CT molecular complexity index is 666. The minimum absolute atomic E-state index is 0.514. The van der Waals surface area contributed by atoms with Crippen LogP contribution in [0, 0.1) is 0 Å². The third kappa shape index (κ3) is 1.17. The number of halogens is 1. The predicted molar refractivity (Wildman–Crippen MR) is 58.5 cm³/mol. The number of furan rings is 1. The normalized spacial score (nSPS) is 11.3. The fourth-order valence-electron chi connectivity index (χ4n) is 1.71. The van der Waals surface area contributed by atoms with Crippen LogP contribution in [0.2, 0.25) is 5.02 Å². The van der Waals surface area contributed by atoms with Gasteiger partial charge >= 0.3 is 0 Å². The first-order chi connectivity index (χ1) is 7.28. The molecule has 0 aliphatic carbocycles. The number of benzene rings is 1. The third-order valence-corrected chi connectivity index (χ3v) is 2.60. The van der Waals surface area contributed by atoms with E-state index in [1.54, 1.807) is 18.2 Å². The molecule has 0 unspecified atom stereocenters. The molecule has 0 bridgehead atoms. The summed E-state index contributed by atoms with van der Waals surface area (Å²) in [4.78, 5) is 13.6. The summed E-state index contributed by atoms with van der Waals surface area (Å²) in [6.45, 7) is 0. The SMILES string of the molecule is O=Cc1cc2oc3cc(Cl)ccc3c2[nH]1. The molecular formula is C11H6ClNO2. The Hall–Kier alpha value is -1.74. The summed E-state index contributed by atoms with van der Waals surface area (Å²) in [6.07, 6.45) is 0.761. The molecule has 0 amide bonds. The Kier molecular flexibility index (Phi) is 1.64. The molecule has 0 saturated carbocycles. The average molecular weight is 220 g/mol. The summed E-state index contributed by atoms with van der Waals surface area (Å²) in [5.41, 5.74) is 2.75. The number of carbonyl (C=O) groups is 1. The van der Waals surface area contributed by atoms with Crippen LogP contribution < -0.4 is 0 Å². The minimum Gasteiger partial charge on any atom is -0.454 e. The second-order valence-corrected chi connectivity index (χ2v) is 3.76. The average Bonchev–Trinajstić information content (AvgIpc) is 2.73. The van der Waals surface area contributed by atoms with Crippen LogP contribution in [0.1, 0.15) is 10.5 Å². The molecule has 1 aromatic carbocycles. The van der Waals surface area contributed by atoms with Crippen molar-refractivity contribution in [3.63, 3.8) is 0 Å². The first-order valence-corrected chi connectivity index (χ1v) is 4.81. The highest BCUT2D eigenvalue weighted by atomic mass is 35.5. The van der Waals surface area contributed by atoms with Crippen molar-refractivity contribution in [3.05, 3.63) is 35.0 Å². The molecule has 2 aromatic heterocycles. The number of hydrogen-bond acceptors (Lipinski definition) is 2. The molecule has 3 rings (SSSR count). The largest absolute Gasteiger partial charge is 0.454 e. The number of aldehydes is 1. The Morgan fingerprint density at radius 1 is 1.27 bits per heavy atom. The van der Waals surface area contributed by atoms with Gasteiger partial charge in [-0.15, -0.1) is 0 Å². The van der Waals surface area contributed by atoms with Crippen LogP contribution in [-0.2, 0) is 0 Å². The molecule has 2 heterocycles. The maximum atomic E-state index is 10.6. The Labute approximate surface area is 89.6 Å². The van der Waals surface area contributed by atoms with Gasteiger partial charge < -0.3 is 9.40 Å². The van der Waals surface area contributed by atoms with E-state index in [1.165, 1.54) is 0 Å². The van der Waals surface area contributed by atoms with Gasteiger partial charge in [0, 0.05) is 22.5 Å². The lowest BCUT2D eigenvalue weighted by Crippen LogP contribution is -1.75. The highest BCUT2D eigenvalue weighted by molar-refractivity contribution is 6.31. The summed E-state index contributed by atoms with van der Waals surface area (Å²) in [7, 11) is 0. The molecule has 4 heteroatoms. The molecule has 0 aliphatic rings. The molecule has 3 nitrogen and oxygen atoms in total. The van der Waals surface area contributed by atoms with E-state index >= 15 is 0 Å². The van der Waals surface area contributed by atoms with Gasteiger partial charge in [-0.2, -0.15) is 0 Å². The van der Waals surface area contributed by atoms with Gasteiger partial charge in [0.15, 0.2) is 11.9 Å². The first kappa shape index (κ1) is 8.56. The summed E-state index contributed by atoms with van der Waals surface area (Å²) in [5, 5.41) is 1.57. The maximum absolute atomic E-state index is 10.6. The Balaban J connectivity index is 2.45. The second kappa shape index (κ2) is 2.87. The van der Waals surface area contributed by atoms with E-state index in [2.05, 4.69) is 4.98 Å². The number of carbonyl (C=O) groups excluding carboxylic acids is 1. The molecule has 0 saturated heterocycles. The molecule has 1 N–H and O–H groups in total. The van der Waals surface area contributed by atoms with Gasteiger partial charge in [-0.1, -0.05) is 11.6 Å². The Morgan fingerprint density at radius 2 is 2.13 bits per heavy atom. The smallest absolute Gasteiger partial charge is 0.166 e. The van der Waals surface area contributed by atoms with Gasteiger partial charge in [-0.25, -0.2) is 0 Å². The van der Waals surface area contributed by atoms with Gasteiger partial charge in [-0.05, 0) is 12.1 Å². The van der Waals surface area contributed by atoms with Crippen molar-refractivity contribution in [1.82, 2.24) is 4.98 Å². The summed E-state index contributed by atoms with van der Waals surface area (Å²) in [6, 6.07) is 7.09. The molecular weight excluding hydrogens is 214 g/mol. The van der Waals surface area contributed by atoms with Crippen LogP contribution in [0.4, 0.5) is 0 Å². The van der Waals surface area contributed by atoms with Crippen LogP contribution in [0.3, 0.4) is 0 Å². The van der Waals surface area contributed by atoms with E-state index in [1.807, 2.05) is 6.07 Å². The maximum Gasteiger partial charge on any atom is 0.166 e. The van der Waals surface area contributed by atoms with E-state index in [4.69, 9.17) is 16.0 Å². The number of rotatable bonds is 1. The molecule has 0 atom stereocenters. The Morgan fingerprint density at radius 3 is 2.93 bits per heavy atom. The van der Waals surface area contributed by atoms with E-state index < -0.39 is 0 Å². The first-order valence-electron chi connectivity index (χ1n) is 4.44. The van der Waals surface area contributed by atoms with Gasteiger partial charge in [0.2, 0.25) is 0 Å². The summed E-state index contributed by atoms with van der Waals surface area (Å²) >= 11 is 5.85. The van der Waals surface area contributed by atoms with Crippen molar-refractivity contribution in [2.24, 2.45) is 0 Å². The number of fused-ring (bicyclic) bond motifs is 3. The van der Waals surface area contributed by atoms with Crippen molar-refractivity contribution in [1.29, 1.82) is 0 Å². The summed E-state index contributed by atoms with van der Waals surface area (Å²) in [5.74, 6) is 0. The predicted octanol–water partition coefficient (Wildman–Crippen LogP) is 3.38. The fourth-order valence-corrected chi connectivity index (χ4v) is 1.87. The fraction of sp³-hybridized carbons (Fsp3) is 0. The summed E-state index contributed by atoms with van der Waals surface area (Å²) < 4.78 is 5.54. The van der Waals surface area contributed by atoms with Crippen LogP contribution in [0.25, 0.3) is 22.1 Å².